The summed E-state index contributed by atoms with van der Waals surface area (Å²) in [5.41, 5.74) is 0.728. The van der Waals surface area contributed by atoms with E-state index in [-0.39, 0.29) is 18.2 Å². The second-order valence-electron chi connectivity index (χ2n) is 5.62. The van der Waals surface area contributed by atoms with Gasteiger partial charge < -0.3 is 19.9 Å². The highest BCUT2D eigenvalue weighted by Crippen LogP contribution is 2.33. The molecule has 0 aromatic heterocycles. The third kappa shape index (κ3) is 3.98. The van der Waals surface area contributed by atoms with Crippen LogP contribution in [0.5, 0.6) is 5.75 Å². The number of likely N-dealkylation sites (N-methyl/N-ethyl adjacent to an activating group) is 1. The van der Waals surface area contributed by atoms with Gasteiger partial charge in [-0.15, -0.1) is 0 Å². The van der Waals surface area contributed by atoms with Crippen molar-refractivity contribution >= 4 is 17.5 Å². The molecule has 22 heavy (non-hydrogen) atoms. The average molecular weight is 305 g/mol. The predicted octanol–water partition coefficient (Wildman–Crippen LogP) is 0.868. The van der Waals surface area contributed by atoms with E-state index in [1.54, 1.807) is 11.8 Å². The van der Waals surface area contributed by atoms with E-state index in [4.69, 9.17) is 4.74 Å². The molecule has 1 aromatic carbocycles. The van der Waals surface area contributed by atoms with Crippen LogP contribution in [0.15, 0.2) is 24.3 Å². The van der Waals surface area contributed by atoms with Gasteiger partial charge in [-0.1, -0.05) is 12.1 Å². The minimum absolute atomic E-state index is 0.0497. The Morgan fingerprint density at radius 1 is 1.36 bits per heavy atom. The molecule has 1 aromatic rings. The van der Waals surface area contributed by atoms with Crippen LogP contribution in [-0.2, 0) is 9.59 Å². The smallest absolute Gasteiger partial charge is 0.267 e. The van der Waals surface area contributed by atoms with Crippen LogP contribution in [0.1, 0.15) is 13.3 Å². The van der Waals surface area contributed by atoms with Gasteiger partial charge in [-0.2, -0.15) is 0 Å². The Morgan fingerprint density at radius 3 is 2.82 bits per heavy atom. The van der Waals surface area contributed by atoms with Gasteiger partial charge in [0, 0.05) is 26.1 Å². The van der Waals surface area contributed by atoms with Crippen LogP contribution < -0.4 is 15.0 Å². The van der Waals surface area contributed by atoms with E-state index in [9.17, 15) is 9.59 Å². The largest absolute Gasteiger partial charge is 0.479 e. The van der Waals surface area contributed by atoms with Gasteiger partial charge in [-0.25, -0.2) is 0 Å². The highest BCUT2D eigenvalue weighted by atomic mass is 16.5. The fourth-order valence-electron chi connectivity index (χ4n) is 2.31. The molecular formula is C16H23N3O3. The summed E-state index contributed by atoms with van der Waals surface area (Å²) in [5, 5.41) is 2.85. The van der Waals surface area contributed by atoms with Gasteiger partial charge >= 0.3 is 0 Å². The molecule has 1 N–H and O–H groups in total. The molecule has 1 heterocycles. The van der Waals surface area contributed by atoms with E-state index < -0.39 is 6.10 Å². The zero-order valence-electron chi connectivity index (χ0n) is 13.3. The molecule has 0 spiro atoms. The molecule has 120 valence electrons. The van der Waals surface area contributed by atoms with Crippen LogP contribution >= 0.6 is 0 Å². The van der Waals surface area contributed by atoms with Crippen LogP contribution in [0.2, 0.25) is 0 Å². The number of rotatable bonds is 6. The molecule has 0 radical (unpaired) electrons. The summed E-state index contributed by atoms with van der Waals surface area (Å²) >= 11 is 0. The van der Waals surface area contributed by atoms with Crippen LogP contribution in [-0.4, -0.2) is 56.5 Å². The molecule has 2 rings (SSSR count). The minimum Gasteiger partial charge on any atom is -0.479 e. The van der Waals surface area contributed by atoms with Gasteiger partial charge in [0.2, 0.25) is 5.91 Å². The number of benzene rings is 1. The third-order valence-electron chi connectivity index (χ3n) is 3.52. The molecule has 6 nitrogen and oxygen atoms in total. The predicted molar refractivity (Wildman–Crippen MR) is 85.1 cm³/mol. The summed E-state index contributed by atoms with van der Waals surface area (Å²) in [4.78, 5) is 27.8. The molecule has 0 fully saturated rings. The maximum absolute atomic E-state index is 12.3. The molecule has 6 heteroatoms. The lowest BCUT2D eigenvalue weighted by molar-refractivity contribution is -0.125. The Labute approximate surface area is 131 Å². The minimum atomic E-state index is -0.522. The number of fused-ring (bicyclic) bond motifs is 1. The van der Waals surface area contributed by atoms with Crippen molar-refractivity contribution in [3.63, 3.8) is 0 Å². The van der Waals surface area contributed by atoms with Gasteiger partial charge in [0.1, 0.15) is 5.75 Å². The van der Waals surface area contributed by atoms with Crippen molar-refractivity contribution in [2.24, 2.45) is 0 Å². The van der Waals surface area contributed by atoms with Crippen molar-refractivity contribution in [3.8, 4) is 5.75 Å². The van der Waals surface area contributed by atoms with Crippen LogP contribution in [0.3, 0.4) is 0 Å². The first-order valence-corrected chi connectivity index (χ1v) is 7.47. The Kier molecular flexibility index (Phi) is 5.38. The molecule has 0 bridgehead atoms. The maximum atomic E-state index is 12.3. The molecule has 1 unspecified atom stereocenters. The fraction of sp³-hybridized carbons (Fsp3) is 0.500. The molecule has 1 aliphatic rings. The van der Waals surface area contributed by atoms with E-state index in [0.29, 0.717) is 18.8 Å². The Balaban J connectivity index is 1.94. The summed E-state index contributed by atoms with van der Waals surface area (Å²) in [6.45, 7) is 3.48. The highest BCUT2D eigenvalue weighted by molar-refractivity contribution is 6.00. The topological polar surface area (TPSA) is 61.9 Å². The summed E-state index contributed by atoms with van der Waals surface area (Å²) in [6, 6.07) is 7.40. The van der Waals surface area contributed by atoms with E-state index in [2.05, 4.69) is 5.32 Å². The summed E-state index contributed by atoms with van der Waals surface area (Å²) in [6.07, 6.45) is -0.244. The highest BCUT2D eigenvalue weighted by Gasteiger charge is 2.31. The van der Waals surface area contributed by atoms with Crippen molar-refractivity contribution in [2.45, 2.75) is 19.4 Å². The van der Waals surface area contributed by atoms with Gasteiger partial charge in [-0.05, 0) is 33.2 Å². The molecule has 0 saturated carbocycles. The monoisotopic (exact) mass is 305 g/mol. The number of anilines is 1. The second kappa shape index (κ2) is 7.26. The number of hydrogen-bond acceptors (Lipinski definition) is 4. The van der Waals surface area contributed by atoms with Crippen LogP contribution in [0, 0.1) is 0 Å². The van der Waals surface area contributed by atoms with Crippen LogP contribution in [0.4, 0.5) is 5.69 Å². The van der Waals surface area contributed by atoms with Gasteiger partial charge in [0.25, 0.3) is 5.91 Å². The third-order valence-corrected chi connectivity index (χ3v) is 3.52. The normalized spacial score (nSPS) is 17.2. The molecule has 0 saturated heterocycles. The van der Waals surface area contributed by atoms with E-state index >= 15 is 0 Å². The maximum Gasteiger partial charge on any atom is 0.267 e. The Morgan fingerprint density at radius 2 is 2.09 bits per heavy atom. The molecular weight excluding hydrogens is 282 g/mol. The SMILES string of the molecule is CC1Oc2ccccc2N(CCC(=O)NCCN(C)C)C1=O. The average Bonchev–Trinajstić information content (AvgIpc) is 2.47. The molecule has 0 aliphatic carbocycles. The lowest BCUT2D eigenvalue weighted by atomic mass is 10.1. The van der Waals surface area contributed by atoms with E-state index in [0.717, 1.165) is 12.2 Å². The zero-order chi connectivity index (χ0) is 16.1. The summed E-state index contributed by atoms with van der Waals surface area (Å²) < 4.78 is 5.58. The quantitative estimate of drug-likeness (QED) is 0.847. The van der Waals surface area contributed by atoms with E-state index in [1.807, 2.05) is 43.3 Å². The Hall–Kier alpha value is -2.08. The Bertz CT molecular complexity index is 545. The van der Waals surface area contributed by atoms with Crippen molar-refractivity contribution < 1.29 is 14.3 Å². The first kappa shape index (κ1) is 16.3. The fourth-order valence-corrected chi connectivity index (χ4v) is 2.31. The number of hydrogen-bond donors (Lipinski definition) is 1. The number of ether oxygens (including phenoxy) is 1. The number of para-hydroxylation sites is 2. The number of nitrogens with zero attached hydrogens (tertiary/aromatic N) is 2. The number of nitrogens with one attached hydrogen (secondary N) is 1. The lowest BCUT2D eigenvalue weighted by Crippen LogP contribution is -2.46. The number of amides is 2. The van der Waals surface area contributed by atoms with Crippen molar-refractivity contribution in [1.82, 2.24) is 10.2 Å². The summed E-state index contributed by atoms with van der Waals surface area (Å²) in [7, 11) is 3.91. The molecule has 1 aliphatic heterocycles. The first-order chi connectivity index (χ1) is 10.5. The van der Waals surface area contributed by atoms with Crippen molar-refractivity contribution in [3.05, 3.63) is 24.3 Å². The number of carbonyl (C=O) groups excluding carboxylic acids is 2. The van der Waals surface area contributed by atoms with Gasteiger partial charge in [0.15, 0.2) is 6.10 Å². The van der Waals surface area contributed by atoms with Gasteiger partial charge in [0.05, 0.1) is 5.69 Å². The number of carbonyl (C=O) groups is 2. The molecule has 2 amide bonds. The lowest BCUT2D eigenvalue weighted by Gasteiger charge is -2.32. The second-order valence-corrected chi connectivity index (χ2v) is 5.62. The van der Waals surface area contributed by atoms with Crippen LogP contribution in [0.25, 0.3) is 0 Å². The standard InChI is InChI=1S/C16H23N3O3/c1-12-16(21)19(13-6-4-5-7-14(13)22-12)10-8-15(20)17-9-11-18(2)3/h4-7,12H,8-11H2,1-3H3,(H,17,20). The van der Waals surface area contributed by atoms with Crippen molar-refractivity contribution in [1.29, 1.82) is 0 Å². The zero-order valence-corrected chi connectivity index (χ0v) is 13.3. The van der Waals surface area contributed by atoms with E-state index in [1.165, 1.54) is 0 Å². The van der Waals surface area contributed by atoms with Gasteiger partial charge in [-0.3, -0.25) is 9.59 Å². The van der Waals surface area contributed by atoms with Crippen molar-refractivity contribution in [2.75, 3.05) is 38.6 Å². The summed E-state index contributed by atoms with van der Waals surface area (Å²) in [5.74, 6) is 0.522. The first-order valence-electron chi connectivity index (χ1n) is 7.47. The molecule has 1 atom stereocenters.